The van der Waals surface area contributed by atoms with Gasteiger partial charge >= 0.3 is 0 Å². The number of amides is 1. The van der Waals surface area contributed by atoms with Crippen LogP contribution in [0.2, 0.25) is 0 Å². The van der Waals surface area contributed by atoms with Crippen LogP contribution in [0.1, 0.15) is 78.6 Å². The van der Waals surface area contributed by atoms with Crippen molar-refractivity contribution in [1.82, 2.24) is 16.0 Å². The molecule has 28 heavy (non-hydrogen) atoms. The number of hydrogen-bond donors (Lipinski definition) is 3. The van der Waals surface area contributed by atoms with Crippen LogP contribution in [-0.4, -0.2) is 49.8 Å². The zero-order valence-corrected chi connectivity index (χ0v) is 18.2. The summed E-state index contributed by atoms with van der Waals surface area (Å²) in [6, 6.07) is 0.960. The fraction of sp³-hybridized carbons (Fsp3) is 0.909. The Balaban J connectivity index is 1.54. The monoisotopic (exact) mass is 392 g/mol. The van der Waals surface area contributed by atoms with Crippen molar-refractivity contribution in [2.75, 3.05) is 13.7 Å². The summed E-state index contributed by atoms with van der Waals surface area (Å²) >= 11 is 0. The molecule has 0 bridgehead atoms. The molecule has 0 aromatic heterocycles. The molecule has 1 amide bonds. The van der Waals surface area contributed by atoms with Gasteiger partial charge in [0.05, 0.1) is 6.10 Å². The van der Waals surface area contributed by atoms with E-state index in [1.807, 2.05) is 20.9 Å². The van der Waals surface area contributed by atoms with Gasteiger partial charge in [0.2, 0.25) is 5.91 Å². The number of aliphatic imine (C=N–C) groups is 1. The predicted octanol–water partition coefficient (Wildman–Crippen LogP) is 2.97. The number of guanidine groups is 1. The van der Waals surface area contributed by atoms with E-state index in [0.717, 1.165) is 44.7 Å². The SMILES string of the molecule is CCOC1CC(NC(=NC)NC2CCCC(C(=O)NC(C)C)C2)C12CCCC2. The summed E-state index contributed by atoms with van der Waals surface area (Å²) in [6.45, 7) is 6.94. The van der Waals surface area contributed by atoms with Crippen LogP contribution in [0.5, 0.6) is 0 Å². The van der Waals surface area contributed by atoms with Gasteiger partial charge in [-0.1, -0.05) is 19.3 Å². The molecule has 4 unspecified atom stereocenters. The van der Waals surface area contributed by atoms with E-state index in [2.05, 4.69) is 27.9 Å². The molecule has 3 saturated carbocycles. The van der Waals surface area contributed by atoms with E-state index in [4.69, 9.17) is 4.74 Å². The molecule has 0 radical (unpaired) electrons. The standard InChI is InChI=1S/C22H40N4O2/c1-5-28-19-14-18(22(19)11-6-7-12-22)26-21(23-4)25-17-10-8-9-16(13-17)20(27)24-15(2)3/h15-19H,5-14H2,1-4H3,(H,24,27)(H2,23,25,26). The molecule has 6 nitrogen and oxygen atoms in total. The third-order valence-corrected chi connectivity index (χ3v) is 7.04. The quantitative estimate of drug-likeness (QED) is 0.480. The summed E-state index contributed by atoms with van der Waals surface area (Å²) in [5.41, 5.74) is 0.292. The summed E-state index contributed by atoms with van der Waals surface area (Å²) < 4.78 is 6.04. The Hall–Kier alpha value is -1.30. The topological polar surface area (TPSA) is 74.8 Å². The average Bonchev–Trinajstić information content (AvgIpc) is 3.19. The van der Waals surface area contributed by atoms with Gasteiger partial charge in [0, 0.05) is 43.1 Å². The van der Waals surface area contributed by atoms with Crippen LogP contribution in [-0.2, 0) is 9.53 Å². The van der Waals surface area contributed by atoms with Crippen molar-refractivity contribution in [2.45, 2.75) is 103 Å². The van der Waals surface area contributed by atoms with E-state index < -0.39 is 0 Å². The molecule has 3 rings (SSSR count). The molecule has 6 heteroatoms. The minimum Gasteiger partial charge on any atom is -0.378 e. The first-order valence-corrected chi connectivity index (χ1v) is 11.4. The third kappa shape index (κ3) is 4.64. The van der Waals surface area contributed by atoms with E-state index >= 15 is 0 Å². The van der Waals surface area contributed by atoms with Gasteiger partial charge in [-0.2, -0.15) is 0 Å². The van der Waals surface area contributed by atoms with Crippen LogP contribution in [0.15, 0.2) is 4.99 Å². The second-order valence-corrected chi connectivity index (χ2v) is 9.26. The maximum atomic E-state index is 12.4. The van der Waals surface area contributed by atoms with E-state index in [1.165, 1.54) is 25.7 Å². The van der Waals surface area contributed by atoms with Gasteiger partial charge in [-0.05, 0) is 59.3 Å². The molecule has 0 saturated heterocycles. The van der Waals surface area contributed by atoms with Crippen molar-refractivity contribution in [3.63, 3.8) is 0 Å². The second kappa shape index (κ2) is 9.47. The molecule has 1 spiro atoms. The minimum absolute atomic E-state index is 0.110. The van der Waals surface area contributed by atoms with Gasteiger partial charge in [0.1, 0.15) is 0 Å². The van der Waals surface area contributed by atoms with Gasteiger partial charge in [-0.25, -0.2) is 0 Å². The molecular formula is C22H40N4O2. The number of rotatable bonds is 6. The molecule has 3 fully saturated rings. The highest BCUT2D eigenvalue weighted by atomic mass is 16.5. The molecule has 0 heterocycles. The number of carbonyl (C=O) groups excluding carboxylic acids is 1. The van der Waals surface area contributed by atoms with Crippen molar-refractivity contribution in [2.24, 2.45) is 16.3 Å². The maximum absolute atomic E-state index is 12.4. The fourth-order valence-electron chi connectivity index (χ4n) is 5.58. The van der Waals surface area contributed by atoms with Crippen LogP contribution in [0.25, 0.3) is 0 Å². The van der Waals surface area contributed by atoms with Crippen molar-refractivity contribution >= 4 is 11.9 Å². The normalized spacial score (nSPS) is 32.2. The summed E-state index contributed by atoms with van der Waals surface area (Å²) in [5.74, 6) is 1.20. The molecule has 160 valence electrons. The third-order valence-electron chi connectivity index (χ3n) is 7.04. The number of nitrogens with zero attached hydrogens (tertiary/aromatic N) is 1. The van der Waals surface area contributed by atoms with Crippen LogP contribution < -0.4 is 16.0 Å². The van der Waals surface area contributed by atoms with E-state index in [1.54, 1.807) is 0 Å². The fourth-order valence-corrected chi connectivity index (χ4v) is 5.58. The van der Waals surface area contributed by atoms with Gasteiger partial charge in [-0.3, -0.25) is 9.79 Å². The summed E-state index contributed by atoms with van der Waals surface area (Å²) in [6.07, 6.45) is 10.7. The largest absolute Gasteiger partial charge is 0.378 e. The molecule has 3 N–H and O–H groups in total. The van der Waals surface area contributed by atoms with E-state index in [-0.39, 0.29) is 17.9 Å². The van der Waals surface area contributed by atoms with Gasteiger partial charge in [0.15, 0.2) is 5.96 Å². The van der Waals surface area contributed by atoms with E-state index in [0.29, 0.717) is 23.6 Å². The maximum Gasteiger partial charge on any atom is 0.223 e. The second-order valence-electron chi connectivity index (χ2n) is 9.26. The lowest BCUT2D eigenvalue weighted by Crippen LogP contribution is -2.65. The Morgan fingerprint density at radius 1 is 1.14 bits per heavy atom. The molecule has 3 aliphatic rings. The van der Waals surface area contributed by atoms with Gasteiger partial charge in [0.25, 0.3) is 0 Å². The lowest BCUT2D eigenvalue weighted by Gasteiger charge is -2.54. The zero-order chi connectivity index (χ0) is 20.1. The Labute approximate surface area is 170 Å². The Morgan fingerprint density at radius 3 is 2.54 bits per heavy atom. The minimum atomic E-state index is 0.110. The molecular weight excluding hydrogens is 352 g/mol. The van der Waals surface area contributed by atoms with Crippen LogP contribution in [0, 0.1) is 11.3 Å². The van der Waals surface area contributed by atoms with Crippen molar-refractivity contribution in [3.05, 3.63) is 0 Å². The summed E-state index contributed by atoms with van der Waals surface area (Å²) in [5, 5.41) is 10.4. The van der Waals surface area contributed by atoms with Gasteiger partial charge in [-0.15, -0.1) is 0 Å². The number of ether oxygens (including phenoxy) is 1. The van der Waals surface area contributed by atoms with Crippen LogP contribution in [0.4, 0.5) is 0 Å². The highest BCUT2D eigenvalue weighted by Crippen LogP contribution is 2.54. The number of carbonyl (C=O) groups is 1. The smallest absolute Gasteiger partial charge is 0.223 e. The molecule has 0 aromatic carbocycles. The molecule has 4 atom stereocenters. The Bertz CT molecular complexity index is 557. The zero-order valence-electron chi connectivity index (χ0n) is 18.2. The number of nitrogens with one attached hydrogen (secondary N) is 3. The first-order valence-electron chi connectivity index (χ1n) is 11.4. The van der Waals surface area contributed by atoms with Crippen LogP contribution >= 0.6 is 0 Å². The lowest BCUT2D eigenvalue weighted by atomic mass is 9.60. The highest BCUT2D eigenvalue weighted by Gasteiger charge is 2.57. The average molecular weight is 393 g/mol. The van der Waals surface area contributed by atoms with Crippen LogP contribution in [0.3, 0.4) is 0 Å². The molecule has 0 aromatic rings. The van der Waals surface area contributed by atoms with Crippen molar-refractivity contribution < 1.29 is 9.53 Å². The Morgan fingerprint density at radius 2 is 1.89 bits per heavy atom. The van der Waals surface area contributed by atoms with Crippen molar-refractivity contribution in [3.8, 4) is 0 Å². The molecule has 3 aliphatic carbocycles. The van der Waals surface area contributed by atoms with E-state index in [9.17, 15) is 4.79 Å². The Kier molecular flexibility index (Phi) is 7.24. The molecule has 0 aliphatic heterocycles. The van der Waals surface area contributed by atoms with Gasteiger partial charge < -0.3 is 20.7 Å². The summed E-state index contributed by atoms with van der Waals surface area (Å²) in [4.78, 5) is 16.9. The highest BCUT2D eigenvalue weighted by molar-refractivity contribution is 5.81. The van der Waals surface area contributed by atoms with Crippen molar-refractivity contribution in [1.29, 1.82) is 0 Å². The first kappa shape index (κ1) is 21.4. The predicted molar refractivity (Wildman–Crippen MR) is 113 cm³/mol. The number of hydrogen-bond acceptors (Lipinski definition) is 3. The lowest BCUT2D eigenvalue weighted by molar-refractivity contribution is -0.127. The first-order chi connectivity index (χ1) is 13.5. The summed E-state index contributed by atoms with van der Waals surface area (Å²) in [7, 11) is 1.85.